The minimum atomic E-state index is -0.865. The molecule has 0 radical (unpaired) electrons. The van der Waals surface area contributed by atoms with E-state index in [4.69, 9.17) is 0 Å². The maximum absolute atomic E-state index is 14.3. The Morgan fingerprint density at radius 1 is 0.758 bits per heavy atom. The molecule has 0 unspecified atom stereocenters. The van der Waals surface area contributed by atoms with Gasteiger partial charge in [-0.3, -0.25) is 0 Å². The second-order valence-electron chi connectivity index (χ2n) is 7.04. The fourth-order valence-corrected chi connectivity index (χ4v) is 3.05. The predicted molar refractivity (Wildman–Crippen MR) is 125 cm³/mol. The number of hydrogen-bond acceptors (Lipinski definition) is 2. The highest BCUT2D eigenvalue weighted by atomic mass is 32.1. The maximum atomic E-state index is 14.3. The molecule has 0 heterocycles. The molecule has 3 aromatic rings. The number of nitrogens with zero attached hydrogens (tertiary/aromatic N) is 1. The van der Waals surface area contributed by atoms with Gasteiger partial charge in [-0.1, -0.05) is 49.2 Å². The van der Waals surface area contributed by atoms with E-state index in [0.29, 0.717) is 23.1 Å². The van der Waals surface area contributed by atoms with Gasteiger partial charge in [-0.25, -0.2) is 17.6 Å². The molecule has 0 aliphatic rings. The smallest absolute Gasteiger partial charge is 0.153 e. The van der Waals surface area contributed by atoms with Crippen LogP contribution in [0, 0.1) is 47.0 Å². The summed E-state index contributed by atoms with van der Waals surface area (Å²) in [6.45, 7) is 2.04. The summed E-state index contributed by atoms with van der Waals surface area (Å²) in [5, 5.41) is 1.94. The second-order valence-corrected chi connectivity index (χ2v) is 7.22. The average molecular weight is 463 g/mol. The molecule has 0 bridgehead atoms. The highest BCUT2D eigenvalue weighted by Crippen LogP contribution is 2.29. The molecule has 6 heteroatoms. The molecule has 0 atom stereocenters. The number of isothiocyanates is 1. The molecule has 0 amide bonds. The summed E-state index contributed by atoms with van der Waals surface area (Å²) in [7, 11) is 0. The predicted octanol–water partition coefficient (Wildman–Crippen LogP) is 7.59. The third-order valence-corrected chi connectivity index (χ3v) is 4.75. The largest absolute Gasteiger partial charge is 0.205 e. The van der Waals surface area contributed by atoms with Crippen molar-refractivity contribution in [2.75, 3.05) is 0 Å². The molecule has 0 saturated carbocycles. The number of halogens is 4. The Morgan fingerprint density at radius 2 is 1.39 bits per heavy atom. The van der Waals surface area contributed by atoms with Crippen molar-refractivity contribution >= 4 is 23.1 Å². The number of aliphatic imine (C=N–C) groups is 1. The van der Waals surface area contributed by atoms with Gasteiger partial charge in [0.1, 0.15) is 17.3 Å². The summed E-state index contributed by atoms with van der Waals surface area (Å²) < 4.78 is 56.8. The van der Waals surface area contributed by atoms with Crippen LogP contribution in [0.4, 0.5) is 23.2 Å². The fraction of sp³-hybridized carbons (Fsp3) is 0.148. The van der Waals surface area contributed by atoms with Gasteiger partial charge in [-0.05, 0) is 66.2 Å². The molecule has 0 N–H and O–H groups in total. The van der Waals surface area contributed by atoms with Crippen LogP contribution in [0.25, 0.3) is 11.1 Å². The minimum Gasteiger partial charge on any atom is -0.205 e. The van der Waals surface area contributed by atoms with E-state index in [2.05, 4.69) is 40.9 Å². The van der Waals surface area contributed by atoms with E-state index in [0.717, 1.165) is 37.1 Å². The molecule has 33 heavy (non-hydrogen) atoms. The summed E-state index contributed by atoms with van der Waals surface area (Å²) in [5.74, 6) is 7.54. The molecule has 3 aromatic carbocycles. The van der Waals surface area contributed by atoms with E-state index in [1.54, 1.807) is 24.3 Å². The van der Waals surface area contributed by atoms with Crippen molar-refractivity contribution in [3.05, 3.63) is 88.5 Å². The van der Waals surface area contributed by atoms with Crippen LogP contribution in [0.15, 0.2) is 53.5 Å². The van der Waals surface area contributed by atoms with Gasteiger partial charge < -0.3 is 0 Å². The zero-order valence-electron chi connectivity index (χ0n) is 17.6. The Hall–Kier alpha value is -3.70. The van der Waals surface area contributed by atoms with Crippen LogP contribution in [0.1, 0.15) is 42.9 Å². The van der Waals surface area contributed by atoms with Crippen molar-refractivity contribution in [3.8, 4) is 34.8 Å². The van der Waals surface area contributed by atoms with Crippen LogP contribution < -0.4 is 0 Å². The Balaban J connectivity index is 1.82. The van der Waals surface area contributed by atoms with Crippen LogP contribution >= 0.6 is 12.2 Å². The number of hydrogen-bond donors (Lipinski definition) is 0. The van der Waals surface area contributed by atoms with E-state index in [1.165, 1.54) is 0 Å². The van der Waals surface area contributed by atoms with Crippen LogP contribution in [-0.4, -0.2) is 5.16 Å². The second kappa shape index (κ2) is 11.2. The highest BCUT2D eigenvalue weighted by molar-refractivity contribution is 7.78. The lowest BCUT2D eigenvalue weighted by molar-refractivity contribution is 0.577. The standard InChI is InChI=1S/C27H17F4NS/c1-2-3-4-5-6-19-13-23(28)22(24(29)14-19)12-9-18-7-10-20(11-8-18)21-15-25(30)27(32-17-33)26(31)16-21/h7-8,10-11,13-16H,2-4H2,1H3. The number of benzene rings is 3. The Kier molecular flexibility index (Phi) is 8.17. The van der Waals surface area contributed by atoms with Crippen molar-refractivity contribution in [1.82, 2.24) is 0 Å². The summed E-state index contributed by atoms with van der Waals surface area (Å²) in [4.78, 5) is 3.38. The van der Waals surface area contributed by atoms with Crippen molar-refractivity contribution in [1.29, 1.82) is 0 Å². The summed E-state index contributed by atoms with van der Waals surface area (Å²) >= 11 is 4.39. The van der Waals surface area contributed by atoms with Gasteiger partial charge in [0.25, 0.3) is 0 Å². The normalized spacial score (nSPS) is 9.85. The Morgan fingerprint density at radius 3 is 1.97 bits per heavy atom. The number of unbranched alkanes of at least 4 members (excludes halogenated alkanes) is 2. The first-order valence-electron chi connectivity index (χ1n) is 10.1. The average Bonchev–Trinajstić information content (AvgIpc) is 2.79. The van der Waals surface area contributed by atoms with Crippen molar-refractivity contribution < 1.29 is 17.6 Å². The zero-order chi connectivity index (χ0) is 23.8. The summed E-state index contributed by atoms with van der Waals surface area (Å²) in [5.41, 5.74) is 0.706. The van der Waals surface area contributed by atoms with E-state index in [9.17, 15) is 17.6 Å². The third kappa shape index (κ3) is 6.18. The van der Waals surface area contributed by atoms with Crippen LogP contribution in [-0.2, 0) is 0 Å². The van der Waals surface area contributed by atoms with E-state index in [-0.39, 0.29) is 11.1 Å². The summed E-state index contributed by atoms with van der Waals surface area (Å²) in [6, 6.07) is 11.0. The monoisotopic (exact) mass is 463 g/mol. The number of thiocarbonyl (C=S) groups is 1. The van der Waals surface area contributed by atoms with Crippen LogP contribution in [0.2, 0.25) is 0 Å². The number of rotatable bonds is 4. The molecule has 0 aliphatic heterocycles. The quantitative estimate of drug-likeness (QED) is 0.128. The van der Waals surface area contributed by atoms with Gasteiger partial charge in [0.05, 0.1) is 10.7 Å². The van der Waals surface area contributed by atoms with Gasteiger partial charge in [0.15, 0.2) is 11.6 Å². The van der Waals surface area contributed by atoms with Gasteiger partial charge in [0, 0.05) is 17.5 Å². The van der Waals surface area contributed by atoms with Gasteiger partial charge in [-0.2, -0.15) is 4.99 Å². The zero-order valence-corrected chi connectivity index (χ0v) is 18.4. The summed E-state index contributed by atoms with van der Waals surface area (Å²) in [6.07, 6.45) is 2.59. The third-order valence-electron chi connectivity index (χ3n) is 4.65. The van der Waals surface area contributed by atoms with Crippen molar-refractivity contribution in [2.24, 2.45) is 4.99 Å². The van der Waals surface area contributed by atoms with Crippen molar-refractivity contribution in [2.45, 2.75) is 26.2 Å². The lowest BCUT2D eigenvalue weighted by Gasteiger charge is -2.05. The fourth-order valence-electron chi connectivity index (χ4n) is 2.96. The van der Waals surface area contributed by atoms with Crippen LogP contribution in [0.3, 0.4) is 0 Å². The molecular formula is C27H17F4NS. The molecule has 1 nitrogen and oxygen atoms in total. The first kappa shape index (κ1) is 24.0. The van der Waals surface area contributed by atoms with E-state index >= 15 is 0 Å². The first-order chi connectivity index (χ1) is 15.9. The molecule has 164 valence electrons. The molecule has 3 rings (SSSR count). The highest BCUT2D eigenvalue weighted by Gasteiger charge is 2.12. The Bertz CT molecular complexity index is 1300. The Labute approximate surface area is 195 Å². The van der Waals surface area contributed by atoms with Crippen molar-refractivity contribution in [3.63, 3.8) is 0 Å². The minimum absolute atomic E-state index is 0.262. The van der Waals surface area contributed by atoms with Gasteiger partial charge in [-0.15, -0.1) is 0 Å². The van der Waals surface area contributed by atoms with E-state index < -0.39 is 29.0 Å². The molecule has 0 aromatic heterocycles. The molecular weight excluding hydrogens is 446 g/mol. The molecule has 0 aliphatic carbocycles. The van der Waals surface area contributed by atoms with Crippen LogP contribution in [0.5, 0.6) is 0 Å². The molecule has 0 fully saturated rings. The van der Waals surface area contributed by atoms with Gasteiger partial charge in [0.2, 0.25) is 0 Å². The van der Waals surface area contributed by atoms with Gasteiger partial charge >= 0.3 is 0 Å². The molecule has 0 saturated heterocycles. The SMILES string of the molecule is CCCCC#Cc1cc(F)c(C#Cc2ccc(-c3cc(F)c(N=C=S)c(F)c3)cc2)c(F)c1. The molecule has 0 spiro atoms. The lowest BCUT2D eigenvalue weighted by atomic mass is 10.0. The lowest BCUT2D eigenvalue weighted by Crippen LogP contribution is -1.92. The topological polar surface area (TPSA) is 12.4 Å². The maximum Gasteiger partial charge on any atom is 0.153 e. The van der Waals surface area contributed by atoms with E-state index in [1.807, 2.05) is 12.1 Å². The first-order valence-corrected chi connectivity index (χ1v) is 10.5.